The van der Waals surface area contributed by atoms with Crippen LogP contribution in [0.5, 0.6) is 0 Å². The Kier molecular flexibility index (Phi) is 6.93. The van der Waals surface area contributed by atoms with Crippen LogP contribution >= 0.6 is 12.2 Å². The predicted molar refractivity (Wildman–Crippen MR) is 149 cm³/mol. The van der Waals surface area contributed by atoms with Crippen molar-refractivity contribution in [3.63, 3.8) is 0 Å². The van der Waals surface area contributed by atoms with Crippen LogP contribution in [0, 0.1) is 6.92 Å². The van der Waals surface area contributed by atoms with Crippen molar-refractivity contribution in [1.82, 2.24) is 10.3 Å². The molecular weight excluding hydrogens is 500 g/mol. The highest BCUT2D eigenvalue weighted by Gasteiger charge is 2.42. The molecule has 2 aromatic carbocycles. The average molecular weight is 527 g/mol. The maximum absolute atomic E-state index is 11.9. The van der Waals surface area contributed by atoms with Crippen LogP contribution in [-0.4, -0.2) is 27.1 Å². The molecule has 1 aliphatic rings. The van der Waals surface area contributed by atoms with E-state index in [1.165, 1.54) is 0 Å². The van der Waals surface area contributed by atoms with Crippen molar-refractivity contribution in [2.24, 2.45) is 0 Å². The van der Waals surface area contributed by atoms with Gasteiger partial charge < -0.3 is 25.1 Å². The van der Waals surface area contributed by atoms with E-state index in [9.17, 15) is 14.7 Å². The van der Waals surface area contributed by atoms with Gasteiger partial charge in [0.1, 0.15) is 17.6 Å². The van der Waals surface area contributed by atoms with Crippen molar-refractivity contribution in [2.75, 3.05) is 10.2 Å². The molecule has 1 amide bonds. The van der Waals surface area contributed by atoms with Crippen molar-refractivity contribution in [3.05, 3.63) is 102 Å². The standard InChI is InChI=1S/C29H26N4O4S/c1-3-25(34)31-21-12-11-18(16-17(21)2)33-27(26(32-29(33)38)22-10-6-7-15-30-22)24-14-13-23(37-24)19-8-4-5-9-20(19)28(35)36/h4-16,26-27H,3H2,1-2H3,(H,31,34)(H,32,38)(H,35,36)/t26-,27-/m1/s1. The van der Waals surface area contributed by atoms with E-state index in [2.05, 4.69) is 15.6 Å². The maximum Gasteiger partial charge on any atom is 0.336 e. The number of nitrogens with one attached hydrogen (secondary N) is 2. The fraction of sp³-hybridized carbons (Fsp3) is 0.172. The van der Waals surface area contributed by atoms with E-state index < -0.39 is 12.0 Å². The van der Waals surface area contributed by atoms with Gasteiger partial charge in [-0.2, -0.15) is 0 Å². The summed E-state index contributed by atoms with van der Waals surface area (Å²) in [5.74, 6) is -0.0356. The number of anilines is 2. The maximum atomic E-state index is 11.9. The zero-order valence-electron chi connectivity index (χ0n) is 20.8. The molecule has 0 radical (unpaired) electrons. The van der Waals surface area contributed by atoms with Crippen molar-refractivity contribution in [1.29, 1.82) is 0 Å². The van der Waals surface area contributed by atoms with Crippen molar-refractivity contribution in [3.8, 4) is 11.3 Å². The first-order valence-electron chi connectivity index (χ1n) is 12.2. The third kappa shape index (κ3) is 4.76. The largest absolute Gasteiger partial charge is 0.478 e. The Morgan fingerprint density at radius 2 is 1.89 bits per heavy atom. The van der Waals surface area contributed by atoms with E-state index in [-0.39, 0.29) is 17.5 Å². The minimum atomic E-state index is -1.03. The topological polar surface area (TPSA) is 108 Å². The SMILES string of the molecule is CCC(=O)Nc1ccc(N2C(=S)N[C@H](c3ccccn3)[C@H]2c2ccc(-c3ccccc3C(=O)O)o2)cc1C. The molecule has 9 heteroatoms. The molecule has 2 aromatic heterocycles. The van der Waals surface area contributed by atoms with Gasteiger partial charge in [-0.1, -0.05) is 31.2 Å². The predicted octanol–water partition coefficient (Wildman–Crippen LogP) is 5.87. The van der Waals surface area contributed by atoms with E-state index in [0.717, 1.165) is 22.6 Å². The number of aryl methyl sites for hydroxylation is 1. The molecule has 0 aliphatic carbocycles. The number of aromatic carboxylic acids is 1. The van der Waals surface area contributed by atoms with Crippen LogP contribution in [0.2, 0.25) is 0 Å². The van der Waals surface area contributed by atoms with Gasteiger partial charge in [0.05, 0.1) is 17.3 Å². The van der Waals surface area contributed by atoms with Gasteiger partial charge >= 0.3 is 5.97 Å². The summed E-state index contributed by atoms with van der Waals surface area (Å²) >= 11 is 5.79. The molecule has 3 N–H and O–H groups in total. The second-order valence-corrected chi connectivity index (χ2v) is 9.34. The van der Waals surface area contributed by atoms with Crippen LogP contribution in [0.4, 0.5) is 11.4 Å². The Morgan fingerprint density at radius 1 is 1.11 bits per heavy atom. The molecular formula is C29H26N4O4S. The Bertz CT molecular complexity index is 1520. The van der Waals surface area contributed by atoms with Crippen LogP contribution in [0.3, 0.4) is 0 Å². The zero-order valence-corrected chi connectivity index (χ0v) is 21.7. The lowest BCUT2D eigenvalue weighted by atomic mass is 10.0. The first-order chi connectivity index (χ1) is 18.4. The fourth-order valence-corrected chi connectivity index (χ4v) is 4.99. The van der Waals surface area contributed by atoms with Gasteiger partial charge in [-0.25, -0.2) is 4.79 Å². The molecule has 1 saturated heterocycles. The molecule has 1 fully saturated rings. The van der Waals surface area contributed by atoms with Gasteiger partial charge in [0.2, 0.25) is 5.91 Å². The van der Waals surface area contributed by atoms with E-state index in [0.29, 0.717) is 28.6 Å². The molecule has 0 saturated carbocycles. The number of rotatable bonds is 7. The van der Waals surface area contributed by atoms with Crippen LogP contribution < -0.4 is 15.5 Å². The lowest BCUT2D eigenvalue weighted by molar-refractivity contribution is -0.115. The number of amides is 1. The average Bonchev–Trinajstić information content (AvgIpc) is 3.54. The Morgan fingerprint density at radius 3 is 2.61 bits per heavy atom. The van der Waals surface area contributed by atoms with Gasteiger partial charge in [0.15, 0.2) is 5.11 Å². The summed E-state index contributed by atoms with van der Waals surface area (Å²) < 4.78 is 6.33. The second kappa shape index (κ2) is 10.5. The third-order valence-electron chi connectivity index (χ3n) is 6.52. The zero-order chi connectivity index (χ0) is 26.8. The van der Waals surface area contributed by atoms with E-state index in [1.807, 2.05) is 61.2 Å². The highest BCUT2D eigenvalue weighted by atomic mass is 32.1. The van der Waals surface area contributed by atoms with E-state index >= 15 is 0 Å². The summed E-state index contributed by atoms with van der Waals surface area (Å²) in [5.41, 5.74) is 3.89. The van der Waals surface area contributed by atoms with Gasteiger partial charge in [0.25, 0.3) is 0 Å². The summed E-state index contributed by atoms with van der Waals surface area (Å²) in [6.45, 7) is 3.74. The van der Waals surface area contributed by atoms with Crippen molar-refractivity contribution >= 4 is 40.6 Å². The number of carbonyl (C=O) groups is 2. The lowest BCUT2D eigenvalue weighted by Crippen LogP contribution is -2.29. The number of benzene rings is 2. The number of hydrogen-bond acceptors (Lipinski definition) is 5. The fourth-order valence-electron chi connectivity index (χ4n) is 4.64. The quantitative estimate of drug-likeness (QED) is 0.257. The lowest BCUT2D eigenvalue weighted by Gasteiger charge is -2.27. The number of hydrogen-bond donors (Lipinski definition) is 3. The number of aromatic nitrogens is 1. The van der Waals surface area contributed by atoms with Crippen molar-refractivity contribution < 1.29 is 19.1 Å². The van der Waals surface area contributed by atoms with E-state index in [4.69, 9.17) is 16.6 Å². The smallest absolute Gasteiger partial charge is 0.336 e. The number of thiocarbonyl (C=S) groups is 1. The number of carboxylic acids is 1. The van der Waals surface area contributed by atoms with E-state index in [1.54, 1.807) is 36.5 Å². The Labute approximate surface area is 225 Å². The summed E-state index contributed by atoms with van der Waals surface area (Å²) in [6, 6.07) is 21.1. The summed E-state index contributed by atoms with van der Waals surface area (Å²) in [6.07, 6.45) is 2.12. The molecule has 1 aliphatic heterocycles. The highest BCUT2D eigenvalue weighted by Crippen LogP contribution is 2.43. The molecule has 0 bridgehead atoms. The Balaban J connectivity index is 1.58. The minimum absolute atomic E-state index is 0.0583. The molecule has 8 nitrogen and oxygen atoms in total. The van der Waals surface area contributed by atoms with Crippen LogP contribution in [-0.2, 0) is 4.79 Å². The number of carbonyl (C=O) groups excluding carboxylic acids is 1. The van der Waals surface area contributed by atoms with Crippen LogP contribution in [0.25, 0.3) is 11.3 Å². The number of carboxylic acid groups (broad SMARTS) is 1. The third-order valence-corrected chi connectivity index (χ3v) is 6.84. The Hall–Kier alpha value is -4.50. The van der Waals surface area contributed by atoms with Gasteiger partial charge in [-0.05, 0) is 73.2 Å². The normalized spacial score (nSPS) is 16.8. The van der Waals surface area contributed by atoms with Gasteiger partial charge in [-0.3, -0.25) is 9.78 Å². The first kappa shape index (κ1) is 25.2. The second-order valence-electron chi connectivity index (χ2n) is 8.95. The van der Waals surface area contributed by atoms with Crippen LogP contribution in [0.15, 0.2) is 83.4 Å². The first-order valence-corrected chi connectivity index (χ1v) is 12.6. The monoisotopic (exact) mass is 526 g/mol. The molecule has 4 aromatic rings. The number of pyridine rings is 1. The molecule has 0 spiro atoms. The molecule has 38 heavy (non-hydrogen) atoms. The molecule has 192 valence electrons. The summed E-state index contributed by atoms with van der Waals surface area (Å²) in [4.78, 5) is 30.3. The summed E-state index contributed by atoms with van der Waals surface area (Å²) in [5, 5.41) is 16.5. The minimum Gasteiger partial charge on any atom is -0.478 e. The van der Waals surface area contributed by atoms with Gasteiger partial charge in [-0.15, -0.1) is 0 Å². The molecule has 5 rings (SSSR count). The molecule has 0 unspecified atom stereocenters. The summed E-state index contributed by atoms with van der Waals surface area (Å²) in [7, 11) is 0. The number of nitrogens with zero attached hydrogens (tertiary/aromatic N) is 2. The van der Waals surface area contributed by atoms with Crippen molar-refractivity contribution in [2.45, 2.75) is 32.4 Å². The molecule has 3 heterocycles. The molecule has 2 atom stereocenters. The van der Waals surface area contributed by atoms with Gasteiger partial charge in [0, 0.05) is 29.6 Å². The van der Waals surface area contributed by atoms with Crippen LogP contribution in [0.1, 0.15) is 52.8 Å². The highest BCUT2D eigenvalue weighted by molar-refractivity contribution is 7.80. The number of furan rings is 1.